The zero-order chi connectivity index (χ0) is 16.6. The van der Waals surface area contributed by atoms with Crippen molar-refractivity contribution in [1.29, 1.82) is 0 Å². The summed E-state index contributed by atoms with van der Waals surface area (Å²) in [6.45, 7) is 2.42. The summed E-state index contributed by atoms with van der Waals surface area (Å²) < 4.78 is 5.14. The van der Waals surface area contributed by atoms with E-state index in [0.29, 0.717) is 0 Å². The van der Waals surface area contributed by atoms with Gasteiger partial charge >= 0.3 is 6.09 Å². The van der Waals surface area contributed by atoms with Gasteiger partial charge in [0.25, 0.3) is 0 Å². The molecule has 0 saturated carbocycles. The fourth-order valence-corrected chi connectivity index (χ4v) is 2.68. The van der Waals surface area contributed by atoms with E-state index in [-0.39, 0.29) is 13.2 Å². The third-order valence-electron chi connectivity index (χ3n) is 3.90. The number of hydrogen-bond donors (Lipinski definition) is 2. The summed E-state index contributed by atoms with van der Waals surface area (Å²) in [4.78, 5) is 11.7. The molecule has 1 aliphatic heterocycles. The third-order valence-corrected chi connectivity index (χ3v) is 3.90. The lowest BCUT2D eigenvalue weighted by molar-refractivity contribution is 0.141. The summed E-state index contributed by atoms with van der Waals surface area (Å²) >= 11 is 0. The van der Waals surface area contributed by atoms with Gasteiger partial charge in [-0.25, -0.2) is 4.79 Å². The average Bonchev–Trinajstić information content (AvgIpc) is 2.64. The van der Waals surface area contributed by atoms with Crippen LogP contribution in [0.3, 0.4) is 0 Å². The van der Waals surface area contributed by atoms with Crippen LogP contribution in [-0.2, 0) is 24.3 Å². The molecular weight excluding hydrogens is 300 g/mol. The van der Waals surface area contributed by atoms with Gasteiger partial charge in [0.2, 0.25) is 0 Å². The fourth-order valence-electron chi connectivity index (χ4n) is 2.68. The summed E-state index contributed by atoms with van der Waals surface area (Å²) in [7, 11) is 0. The number of rotatable bonds is 3. The molecule has 0 aromatic heterocycles. The van der Waals surface area contributed by atoms with Gasteiger partial charge in [-0.2, -0.15) is 0 Å². The van der Waals surface area contributed by atoms with Crippen LogP contribution < -0.4 is 10.6 Å². The number of benzene rings is 2. The van der Waals surface area contributed by atoms with Crippen molar-refractivity contribution in [3.05, 3.63) is 70.8 Å². The Labute approximate surface area is 142 Å². The highest BCUT2D eigenvalue weighted by Gasteiger charge is 2.10. The van der Waals surface area contributed by atoms with Gasteiger partial charge in [0.15, 0.2) is 0 Å². The number of carbonyl (C=O) groups excluding carboxylic acids is 1. The van der Waals surface area contributed by atoms with Crippen LogP contribution in [0.4, 0.5) is 4.79 Å². The van der Waals surface area contributed by atoms with Crippen molar-refractivity contribution in [1.82, 2.24) is 10.6 Å². The minimum absolute atomic E-state index is 0.263. The molecular formula is C20H20N2O2. The highest BCUT2D eigenvalue weighted by molar-refractivity contribution is 5.67. The first-order valence-electron chi connectivity index (χ1n) is 8.08. The summed E-state index contributed by atoms with van der Waals surface area (Å²) in [6.07, 6.45) is 0.541. The Bertz CT molecular complexity index is 760. The molecule has 2 aromatic rings. The van der Waals surface area contributed by atoms with Crippen LogP contribution in [0, 0.1) is 11.8 Å². The van der Waals surface area contributed by atoms with Gasteiger partial charge in [-0.15, -0.1) is 0 Å². The van der Waals surface area contributed by atoms with Gasteiger partial charge in [-0.1, -0.05) is 54.3 Å². The highest BCUT2D eigenvalue weighted by Crippen LogP contribution is 2.17. The zero-order valence-corrected chi connectivity index (χ0v) is 13.5. The maximum Gasteiger partial charge on any atom is 0.408 e. The van der Waals surface area contributed by atoms with Crippen LogP contribution in [-0.4, -0.2) is 19.2 Å². The van der Waals surface area contributed by atoms with Crippen LogP contribution in [0.2, 0.25) is 0 Å². The smallest absolute Gasteiger partial charge is 0.408 e. The van der Waals surface area contributed by atoms with Crippen LogP contribution in [0.25, 0.3) is 0 Å². The van der Waals surface area contributed by atoms with Crippen molar-refractivity contribution in [2.75, 3.05) is 13.1 Å². The van der Waals surface area contributed by atoms with E-state index >= 15 is 0 Å². The van der Waals surface area contributed by atoms with Crippen molar-refractivity contribution in [3.63, 3.8) is 0 Å². The van der Waals surface area contributed by atoms with Gasteiger partial charge in [0.1, 0.15) is 6.61 Å². The Morgan fingerprint density at radius 2 is 2.04 bits per heavy atom. The molecule has 122 valence electrons. The van der Waals surface area contributed by atoms with Crippen molar-refractivity contribution in [2.24, 2.45) is 0 Å². The summed E-state index contributed by atoms with van der Waals surface area (Å²) in [5.74, 6) is 6.15. The monoisotopic (exact) mass is 320 g/mol. The molecule has 0 fully saturated rings. The van der Waals surface area contributed by atoms with E-state index in [1.807, 2.05) is 42.5 Å². The highest BCUT2D eigenvalue weighted by atomic mass is 16.5. The Morgan fingerprint density at radius 3 is 2.92 bits per heavy atom. The van der Waals surface area contributed by atoms with Crippen LogP contribution in [0.15, 0.2) is 48.5 Å². The summed E-state index contributed by atoms with van der Waals surface area (Å²) in [5.41, 5.74) is 4.63. The predicted octanol–water partition coefficient (Wildman–Crippen LogP) is 2.61. The van der Waals surface area contributed by atoms with Crippen molar-refractivity contribution < 1.29 is 9.53 Å². The molecule has 1 amide bonds. The second kappa shape index (κ2) is 8.19. The van der Waals surface area contributed by atoms with Crippen molar-refractivity contribution in [3.8, 4) is 11.8 Å². The van der Waals surface area contributed by atoms with E-state index in [1.165, 1.54) is 11.1 Å². The molecule has 0 aliphatic carbocycles. The molecule has 0 saturated heterocycles. The second-order valence-electron chi connectivity index (χ2n) is 5.59. The lowest BCUT2D eigenvalue weighted by Crippen LogP contribution is -2.25. The normalized spacial score (nSPS) is 12.5. The van der Waals surface area contributed by atoms with Gasteiger partial charge in [0, 0.05) is 12.1 Å². The van der Waals surface area contributed by atoms with Gasteiger partial charge in [0.05, 0.1) is 6.54 Å². The van der Waals surface area contributed by atoms with E-state index in [9.17, 15) is 4.79 Å². The topological polar surface area (TPSA) is 50.4 Å². The number of alkyl carbamates (subject to hydrolysis) is 1. The molecule has 1 heterocycles. The molecule has 2 aromatic carbocycles. The molecule has 4 nitrogen and oxygen atoms in total. The molecule has 0 spiro atoms. The summed E-state index contributed by atoms with van der Waals surface area (Å²) in [6, 6.07) is 15.8. The van der Waals surface area contributed by atoms with Gasteiger partial charge in [-0.3, -0.25) is 0 Å². The van der Waals surface area contributed by atoms with Crippen LogP contribution >= 0.6 is 0 Å². The van der Waals surface area contributed by atoms with E-state index in [0.717, 1.165) is 30.6 Å². The number of hydrogen-bond acceptors (Lipinski definition) is 3. The number of carbonyl (C=O) groups is 1. The van der Waals surface area contributed by atoms with E-state index in [4.69, 9.17) is 4.74 Å². The van der Waals surface area contributed by atoms with Crippen molar-refractivity contribution in [2.45, 2.75) is 19.6 Å². The average molecular weight is 320 g/mol. The van der Waals surface area contributed by atoms with E-state index in [2.05, 4.69) is 28.5 Å². The Hall–Kier alpha value is -2.77. The van der Waals surface area contributed by atoms with Crippen molar-refractivity contribution >= 4 is 6.09 Å². The minimum Gasteiger partial charge on any atom is -0.445 e. The fraction of sp³-hybridized carbons (Fsp3) is 0.250. The Balaban J connectivity index is 1.49. The first-order valence-corrected chi connectivity index (χ1v) is 8.08. The quantitative estimate of drug-likeness (QED) is 0.855. The SMILES string of the molecule is O=C(NCC#Cc1cccc2c1CCNC2)OCc1ccccc1. The molecule has 0 bridgehead atoms. The third kappa shape index (κ3) is 4.37. The molecule has 0 unspecified atom stereocenters. The predicted molar refractivity (Wildman–Crippen MR) is 93.4 cm³/mol. The molecule has 2 N–H and O–H groups in total. The lowest BCUT2D eigenvalue weighted by atomic mass is 9.96. The molecule has 0 radical (unpaired) electrons. The van der Waals surface area contributed by atoms with E-state index in [1.54, 1.807) is 0 Å². The number of ether oxygens (including phenoxy) is 1. The number of nitrogens with one attached hydrogen (secondary N) is 2. The van der Waals surface area contributed by atoms with Crippen LogP contribution in [0.1, 0.15) is 22.3 Å². The largest absolute Gasteiger partial charge is 0.445 e. The maximum atomic E-state index is 11.7. The summed E-state index contributed by atoms with van der Waals surface area (Å²) in [5, 5.41) is 6.01. The van der Waals surface area contributed by atoms with Crippen LogP contribution in [0.5, 0.6) is 0 Å². The first-order chi connectivity index (χ1) is 11.8. The molecule has 24 heavy (non-hydrogen) atoms. The number of amides is 1. The van der Waals surface area contributed by atoms with Gasteiger partial charge in [-0.05, 0) is 35.7 Å². The molecule has 4 heteroatoms. The minimum atomic E-state index is -0.451. The maximum absolute atomic E-state index is 11.7. The van der Waals surface area contributed by atoms with Gasteiger partial charge < -0.3 is 15.4 Å². The molecule has 1 aliphatic rings. The second-order valence-corrected chi connectivity index (χ2v) is 5.59. The standard InChI is InChI=1S/C20H20N2O2/c23-20(24-15-16-6-2-1-3-7-16)22-12-5-10-17-8-4-9-18-14-21-13-11-19(17)18/h1-4,6-9,21H,11-15H2,(H,22,23). The number of fused-ring (bicyclic) bond motifs is 1. The molecule has 0 atom stereocenters. The Morgan fingerprint density at radius 1 is 1.17 bits per heavy atom. The van der Waals surface area contributed by atoms with E-state index < -0.39 is 6.09 Å². The first kappa shape index (κ1) is 16.1. The Kier molecular flexibility index (Phi) is 5.49. The molecule has 3 rings (SSSR count). The zero-order valence-electron chi connectivity index (χ0n) is 13.5. The lowest BCUT2D eigenvalue weighted by Gasteiger charge is -2.18.